The van der Waals surface area contributed by atoms with Crippen LogP contribution in [0.2, 0.25) is 0 Å². The smallest absolute Gasteiger partial charge is 0.303 e. The summed E-state index contributed by atoms with van der Waals surface area (Å²) in [5, 5.41) is 145. The largest absolute Gasteiger partial charge is 0.481 e. The van der Waals surface area contributed by atoms with Crippen LogP contribution in [0.15, 0.2) is 0 Å². The Kier molecular flexibility index (Phi) is 18.8. The van der Waals surface area contributed by atoms with Crippen molar-refractivity contribution in [1.29, 1.82) is 0 Å². The fourth-order valence-electron chi connectivity index (χ4n) is 6.89. The SMILES string of the molecule is O=C(O)CCCCCCCCOC1OC(CO)C(O)C(O)C1OC1OC(CO)C(O)C(O)C1OC1OC(CO)C(O)C(O)C1OC1OC(CO)C(O)C(O)C1O. The summed E-state index contributed by atoms with van der Waals surface area (Å²) >= 11 is 0. The second-order valence-electron chi connectivity index (χ2n) is 14.3. The summed E-state index contributed by atoms with van der Waals surface area (Å²) < 4.78 is 45.8. The molecular weight excluding hydrogens is 764 g/mol. The molecule has 0 aromatic rings. The van der Waals surface area contributed by atoms with E-state index in [2.05, 4.69) is 0 Å². The molecule has 0 aliphatic carbocycles. The van der Waals surface area contributed by atoms with E-state index in [4.69, 9.17) is 43.0 Å². The normalized spacial score (nSPS) is 44.8. The van der Waals surface area contributed by atoms with E-state index in [-0.39, 0.29) is 13.0 Å². The summed E-state index contributed by atoms with van der Waals surface area (Å²) in [4.78, 5) is 10.7. The van der Waals surface area contributed by atoms with Crippen molar-refractivity contribution < 1.29 is 114 Å². The van der Waals surface area contributed by atoms with Crippen LogP contribution in [0.25, 0.3) is 0 Å². The highest BCUT2D eigenvalue weighted by Gasteiger charge is 2.56. The van der Waals surface area contributed by atoms with Crippen LogP contribution in [0.3, 0.4) is 0 Å². The number of carboxylic acids is 1. The van der Waals surface area contributed by atoms with E-state index in [0.29, 0.717) is 19.3 Å². The van der Waals surface area contributed by atoms with Gasteiger partial charge >= 0.3 is 5.97 Å². The molecule has 20 unspecified atom stereocenters. The van der Waals surface area contributed by atoms with Crippen LogP contribution in [0.1, 0.15) is 44.9 Å². The third-order valence-electron chi connectivity index (χ3n) is 10.3. The van der Waals surface area contributed by atoms with Crippen LogP contribution in [0.4, 0.5) is 0 Å². The molecule has 4 heterocycles. The fourth-order valence-corrected chi connectivity index (χ4v) is 6.89. The van der Waals surface area contributed by atoms with Gasteiger partial charge in [0.2, 0.25) is 0 Å². The van der Waals surface area contributed by atoms with Gasteiger partial charge in [0, 0.05) is 13.0 Å². The van der Waals surface area contributed by atoms with Crippen molar-refractivity contribution in [1.82, 2.24) is 0 Å². The summed E-state index contributed by atoms with van der Waals surface area (Å²) in [5.41, 5.74) is 0. The number of unbranched alkanes of at least 4 members (excludes halogenated alkanes) is 5. The molecule has 4 aliphatic heterocycles. The molecule has 0 aromatic carbocycles. The number of carboxylic acid groups (broad SMARTS) is 1. The van der Waals surface area contributed by atoms with Gasteiger partial charge in [0.15, 0.2) is 25.2 Å². The summed E-state index contributed by atoms with van der Waals surface area (Å²) in [6.07, 6.45) is -31.7. The third kappa shape index (κ3) is 11.5. The van der Waals surface area contributed by atoms with Crippen molar-refractivity contribution in [3.8, 4) is 0 Å². The third-order valence-corrected chi connectivity index (χ3v) is 10.3. The molecule has 328 valence electrons. The summed E-state index contributed by atoms with van der Waals surface area (Å²) in [7, 11) is 0. The standard InChI is InChI=1S/C33H58O23/c34-9-13-18(40)22(44)26(48)30(50-13)54-28-24(46)20(42)15(11-36)52-32(28)56-29-25(47)21(43)16(12-37)53-33(29)55-27-23(45)19(41)14(10-35)51-31(27)49-8-6-4-2-1-3-5-7-17(38)39/h13-16,18-37,40-48H,1-12H2,(H,38,39). The molecule has 4 aliphatic rings. The van der Waals surface area contributed by atoms with E-state index in [1.54, 1.807) is 0 Å². The lowest BCUT2D eigenvalue weighted by atomic mass is 9.96. The molecule has 0 radical (unpaired) electrons. The van der Waals surface area contributed by atoms with Crippen LogP contribution in [0, 0.1) is 0 Å². The number of hydrogen-bond acceptors (Lipinski definition) is 22. The van der Waals surface area contributed by atoms with Crippen LogP contribution < -0.4 is 0 Å². The number of aliphatic hydroxyl groups excluding tert-OH is 13. The zero-order valence-corrected chi connectivity index (χ0v) is 30.5. The van der Waals surface area contributed by atoms with E-state index in [1.165, 1.54) is 0 Å². The van der Waals surface area contributed by atoms with Gasteiger partial charge < -0.3 is 109 Å². The maximum Gasteiger partial charge on any atom is 0.303 e. The Balaban J connectivity index is 1.54. The van der Waals surface area contributed by atoms with Crippen molar-refractivity contribution in [3.05, 3.63) is 0 Å². The topological polar surface area (TPSA) is 374 Å². The highest BCUT2D eigenvalue weighted by molar-refractivity contribution is 5.66. The molecule has 23 nitrogen and oxygen atoms in total. The van der Waals surface area contributed by atoms with Gasteiger partial charge in [-0.25, -0.2) is 0 Å². The van der Waals surface area contributed by atoms with Crippen molar-refractivity contribution in [2.24, 2.45) is 0 Å². The number of aliphatic carboxylic acids is 1. The molecule has 0 spiro atoms. The molecule has 14 N–H and O–H groups in total. The average Bonchev–Trinajstić information content (AvgIpc) is 3.18. The van der Waals surface area contributed by atoms with E-state index in [9.17, 15) is 71.2 Å². The van der Waals surface area contributed by atoms with Crippen molar-refractivity contribution >= 4 is 5.97 Å². The van der Waals surface area contributed by atoms with E-state index < -0.39 is 155 Å². The van der Waals surface area contributed by atoms with Crippen molar-refractivity contribution in [2.45, 2.75) is 168 Å². The predicted molar refractivity (Wildman–Crippen MR) is 178 cm³/mol. The Morgan fingerprint density at radius 2 is 0.750 bits per heavy atom. The number of hydrogen-bond donors (Lipinski definition) is 14. The van der Waals surface area contributed by atoms with Gasteiger partial charge in [0.05, 0.1) is 26.4 Å². The molecule has 0 amide bonds. The van der Waals surface area contributed by atoms with E-state index in [1.807, 2.05) is 0 Å². The van der Waals surface area contributed by atoms with Gasteiger partial charge in [-0.2, -0.15) is 0 Å². The Morgan fingerprint density at radius 3 is 1.18 bits per heavy atom. The second kappa shape index (κ2) is 22.3. The summed E-state index contributed by atoms with van der Waals surface area (Å²) in [6.45, 7) is -3.32. The highest BCUT2D eigenvalue weighted by Crippen LogP contribution is 2.35. The van der Waals surface area contributed by atoms with Crippen molar-refractivity contribution in [3.63, 3.8) is 0 Å². The van der Waals surface area contributed by atoms with Gasteiger partial charge in [-0.15, -0.1) is 0 Å². The lowest BCUT2D eigenvalue weighted by Crippen LogP contribution is -2.68. The molecule has 0 bridgehead atoms. The maximum atomic E-state index is 11.3. The monoisotopic (exact) mass is 822 g/mol. The minimum atomic E-state index is -2.02. The average molecular weight is 823 g/mol. The molecule has 0 saturated carbocycles. The second-order valence-corrected chi connectivity index (χ2v) is 14.3. The lowest BCUT2D eigenvalue weighted by molar-refractivity contribution is -0.406. The Hall–Kier alpha value is -1.37. The molecular formula is C33H58O23. The van der Waals surface area contributed by atoms with Gasteiger partial charge in [-0.05, 0) is 12.8 Å². The summed E-state index contributed by atoms with van der Waals surface area (Å²) in [5.74, 6) is -0.869. The van der Waals surface area contributed by atoms with Crippen LogP contribution in [-0.4, -0.2) is 233 Å². The Bertz CT molecular complexity index is 1150. The zero-order valence-electron chi connectivity index (χ0n) is 30.5. The first-order valence-corrected chi connectivity index (χ1v) is 18.7. The first kappa shape index (κ1) is 47.3. The van der Waals surface area contributed by atoms with Gasteiger partial charge in [-0.1, -0.05) is 25.7 Å². The van der Waals surface area contributed by atoms with E-state index >= 15 is 0 Å². The van der Waals surface area contributed by atoms with Crippen LogP contribution >= 0.6 is 0 Å². The maximum absolute atomic E-state index is 11.3. The lowest BCUT2D eigenvalue weighted by Gasteiger charge is -2.49. The number of ether oxygens (including phenoxy) is 8. The van der Waals surface area contributed by atoms with Gasteiger partial charge in [0.25, 0.3) is 0 Å². The number of aliphatic hydroxyl groups is 13. The molecule has 4 fully saturated rings. The van der Waals surface area contributed by atoms with Crippen LogP contribution in [0.5, 0.6) is 0 Å². The molecule has 4 saturated heterocycles. The molecule has 0 aromatic heterocycles. The molecule has 23 heteroatoms. The molecule has 20 atom stereocenters. The number of carbonyl (C=O) groups is 1. The van der Waals surface area contributed by atoms with Gasteiger partial charge in [0.1, 0.15) is 97.7 Å². The Labute approximate surface area is 321 Å². The predicted octanol–water partition coefficient (Wildman–Crippen LogP) is -6.91. The highest BCUT2D eigenvalue weighted by atomic mass is 16.8. The minimum absolute atomic E-state index is 0.0301. The summed E-state index contributed by atoms with van der Waals surface area (Å²) in [6, 6.07) is 0. The van der Waals surface area contributed by atoms with Gasteiger partial charge in [-0.3, -0.25) is 4.79 Å². The zero-order chi connectivity index (χ0) is 41.3. The minimum Gasteiger partial charge on any atom is -0.481 e. The Morgan fingerprint density at radius 1 is 0.411 bits per heavy atom. The van der Waals surface area contributed by atoms with E-state index in [0.717, 1.165) is 19.3 Å². The molecule has 4 rings (SSSR count). The van der Waals surface area contributed by atoms with Crippen molar-refractivity contribution in [2.75, 3.05) is 33.0 Å². The molecule has 56 heavy (non-hydrogen) atoms. The quantitative estimate of drug-likeness (QED) is 0.0507. The first-order chi connectivity index (χ1) is 26.7. The fraction of sp³-hybridized carbons (Fsp3) is 0.970. The van der Waals surface area contributed by atoms with Crippen LogP contribution in [-0.2, 0) is 42.7 Å². The first-order valence-electron chi connectivity index (χ1n) is 18.7. The number of rotatable bonds is 20.